The predicted molar refractivity (Wildman–Crippen MR) is 100 cm³/mol. The summed E-state index contributed by atoms with van der Waals surface area (Å²) in [5, 5.41) is 2.81. The van der Waals surface area contributed by atoms with Crippen molar-refractivity contribution in [1.82, 2.24) is 5.32 Å². The van der Waals surface area contributed by atoms with Crippen molar-refractivity contribution in [2.75, 3.05) is 6.61 Å². The minimum atomic E-state index is -0.532. The van der Waals surface area contributed by atoms with Crippen LogP contribution in [0.1, 0.15) is 42.6 Å². The molecule has 0 heterocycles. The average molecular weight is 355 g/mol. The number of hydrogen-bond acceptors (Lipinski definition) is 4. The maximum Gasteiger partial charge on any atom is 0.339 e. The Morgan fingerprint density at radius 3 is 2.46 bits per heavy atom. The highest BCUT2D eigenvalue weighted by Crippen LogP contribution is 2.15. The van der Waals surface area contributed by atoms with Gasteiger partial charge in [0, 0.05) is 11.6 Å². The van der Waals surface area contributed by atoms with Gasteiger partial charge in [0.2, 0.25) is 0 Å². The van der Waals surface area contributed by atoms with E-state index in [0.29, 0.717) is 11.1 Å². The summed E-state index contributed by atoms with van der Waals surface area (Å²) in [6.07, 6.45) is 1.87. The van der Waals surface area contributed by atoms with Crippen LogP contribution in [0.3, 0.4) is 0 Å². The number of rotatable bonds is 9. The molecule has 0 bridgehead atoms. The van der Waals surface area contributed by atoms with E-state index < -0.39 is 5.97 Å². The van der Waals surface area contributed by atoms with E-state index in [-0.39, 0.29) is 25.2 Å². The number of nitrogens with one attached hydrogen (secondary N) is 1. The van der Waals surface area contributed by atoms with E-state index >= 15 is 0 Å². The lowest BCUT2D eigenvalue weighted by molar-refractivity contribution is -0.124. The second-order valence-corrected chi connectivity index (χ2v) is 6.09. The minimum absolute atomic E-state index is 0.0674. The molecule has 5 nitrogen and oxygen atoms in total. The van der Waals surface area contributed by atoms with E-state index in [1.807, 2.05) is 49.4 Å². The Morgan fingerprint density at radius 2 is 1.73 bits per heavy atom. The van der Waals surface area contributed by atoms with Crippen LogP contribution in [0.5, 0.6) is 5.75 Å². The number of ether oxygens (including phenoxy) is 2. The van der Waals surface area contributed by atoms with Gasteiger partial charge in [0.05, 0.1) is 5.56 Å². The Balaban J connectivity index is 1.91. The van der Waals surface area contributed by atoms with Crippen molar-refractivity contribution in [3.63, 3.8) is 0 Å². The van der Waals surface area contributed by atoms with Crippen molar-refractivity contribution in [3.8, 4) is 5.75 Å². The molecule has 1 N–H and O–H groups in total. The topological polar surface area (TPSA) is 64.6 Å². The van der Waals surface area contributed by atoms with Gasteiger partial charge in [0.25, 0.3) is 5.91 Å². The fourth-order valence-electron chi connectivity index (χ4n) is 2.55. The van der Waals surface area contributed by atoms with E-state index in [2.05, 4.69) is 12.2 Å². The zero-order chi connectivity index (χ0) is 18.8. The molecule has 0 aliphatic heterocycles. The molecule has 0 radical (unpaired) electrons. The zero-order valence-corrected chi connectivity index (χ0v) is 15.2. The van der Waals surface area contributed by atoms with Crippen LogP contribution in [0.2, 0.25) is 0 Å². The third-order valence-electron chi connectivity index (χ3n) is 3.84. The Labute approximate surface area is 154 Å². The second kappa shape index (κ2) is 10.2. The number of carbonyl (C=O) groups excluding carboxylic acids is 2. The van der Waals surface area contributed by atoms with E-state index in [0.717, 1.165) is 18.6 Å². The first-order chi connectivity index (χ1) is 12.6. The van der Waals surface area contributed by atoms with E-state index in [9.17, 15) is 9.59 Å². The lowest BCUT2D eigenvalue weighted by atomic mass is 10.1. The predicted octanol–water partition coefficient (Wildman–Crippen LogP) is 3.73. The molecular weight excluding hydrogens is 330 g/mol. The van der Waals surface area contributed by atoms with Gasteiger partial charge in [-0.15, -0.1) is 0 Å². The molecule has 0 fully saturated rings. The van der Waals surface area contributed by atoms with Gasteiger partial charge < -0.3 is 14.8 Å². The molecule has 138 valence electrons. The quantitative estimate of drug-likeness (QED) is 0.696. The molecule has 0 saturated carbocycles. The first-order valence-corrected chi connectivity index (χ1v) is 8.82. The normalized spacial score (nSPS) is 11.5. The fraction of sp³-hybridized carbons (Fsp3) is 0.333. The molecule has 5 heteroatoms. The number of esters is 1. The SMILES string of the molecule is CCC[C@@H](C)NC(=O)COC(=O)c1ccccc1COc1ccccc1. The summed E-state index contributed by atoms with van der Waals surface area (Å²) in [5.74, 6) is -0.104. The van der Waals surface area contributed by atoms with Gasteiger partial charge in [0.15, 0.2) is 6.61 Å². The molecule has 2 aromatic carbocycles. The monoisotopic (exact) mass is 355 g/mol. The van der Waals surface area contributed by atoms with Crippen LogP contribution in [-0.2, 0) is 16.1 Å². The van der Waals surface area contributed by atoms with Crippen LogP contribution in [0.4, 0.5) is 0 Å². The summed E-state index contributed by atoms with van der Waals surface area (Å²) >= 11 is 0. The number of amides is 1. The lowest BCUT2D eigenvalue weighted by Crippen LogP contribution is -2.35. The summed E-state index contributed by atoms with van der Waals surface area (Å²) in [6.45, 7) is 3.94. The van der Waals surface area contributed by atoms with Crippen molar-refractivity contribution in [2.24, 2.45) is 0 Å². The number of hydrogen-bond donors (Lipinski definition) is 1. The van der Waals surface area contributed by atoms with Crippen LogP contribution in [-0.4, -0.2) is 24.5 Å². The Kier molecular flexibility index (Phi) is 7.68. The molecule has 0 unspecified atom stereocenters. The van der Waals surface area contributed by atoms with Crippen molar-refractivity contribution < 1.29 is 19.1 Å². The fourth-order valence-corrected chi connectivity index (χ4v) is 2.55. The molecule has 2 aromatic rings. The summed E-state index contributed by atoms with van der Waals surface area (Å²) in [7, 11) is 0. The highest BCUT2D eigenvalue weighted by Gasteiger charge is 2.15. The molecule has 2 rings (SSSR count). The Morgan fingerprint density at radius 1 is 1.04 bits per heavy atom. The third kappa shape index (κ3) is 6.24. The maximum absolute atomic E-state index is 12.3. The molecule has 0 aromatic heterocycles. The Hall–Kier alpha value is -2.82. The molecule has 1 amide bonds. The summed E-state index contributed by atoms with van der Waals surface area (Å²) < 4.78 is 10.9. The third-order valence-corrected chi connectivity index (χ3v) is 3.84. The number of para-hydroxylation sites is 1. The van der Waals surface area contributed by atoms with Crippen molar-refractivity contribution in [2.45, 2.75) is 39.3 Å². The van der Waals surface area contributed by atoms with Gasteiger partial charge in [-0.1, -0.05) is 49.7 Å². The van der Waals surface area contributed by atoms with Crippen molar-refractivity contribution in [3.05, 3.63) is 65.7 Å². The van der Waals surface area contributed by atoms with Crippen molar-refractivity contribution in [1.29, 1.82) is 0 Å². The largest absolute Gasteiger partial charge is 0.489 e. The highest BCUT2D eigenvalue weighted by atomic mass is 16.5. The van der Waals surface area contributed by atoms with Gasteiger partial charge in [-0.05, 0) is 31.5 Å². The highest BCUT2D eigenvalue weighted by molar-refractivity contribution is 5.92. The minimum Gasteiger partial charge on any atom is -0.489 e. The van der Waals surface area contributed by atoms with Gasteiger partial charge in [-0.3, -0.25) is 4.79 Å². The number of benzene rings is 2. The van der Waals surface area contributed by atoms with Crippen LogP contribution in [0.15, 0.2) is 54.6 Å². The standard InChI is InChI=1S/C21H25NO4/c1-3-9-16(2)22-20(23)15-26-21(24)19-13-8-7-10-17(19)14-25-18-11-5-4-6-12-18/h4-8,10-13,16H,3,9,14-15H2,1-2H3,(H,22,23)/t16-/m1/s1. The molecule has 0 aliphatic rings. The molecule has 0 aliphatic carbocycles. The van der Waals surface area contributed by atoms with E-state index in [4.69, 9.17) is 9.47 Å². The molecule has 0 spiro atoms. The first-order valence-electron chi connectivity index (χ1n) is 8.82. The van der Waals surface area contributed by atoms with Crippen LogP contribution < -0.4 is 10.1 Å². The average Bonchev–Trinajstić information content (AvgIpc) is 2.65. The van der Waals surface area contributed by atoms with Gasteiger partial charge in [-0.25, -0.2) is 4.79 Å². The van der Waals surface area contributed by atoms with Crippen molar-refractivity contribution >= 4 is 11.9 Å². The summed E-state index contributed by atoms with van der Waals surface area (Å²) in [4.78, 5) is 24.2. The van der Waals surface area contributed by atoms with E-state index in [1.165, 1.54) is 0 Å². The van der Waals surface area contributed by atoms with Gasteiger partial charge >= 0.3 is 5.97 Å². The summed E-state index contributed by atoms with van der Waals surface area (Å²) in [6, 6.07) is 16.5. The molecule has 1 atom stereocenters. The molecule has 26 heavy (non-hydrogen) atoms. The van der Waals surface area contributed by atoms with Crippen LogP contribution in [0.25, 0.3) is 0 Å². The molecular formula is C21H25NO4. The second-order valence-electron chi connectivity index (χ2n) is 6.09. The molecule has 0 saturated heterocycles. The Bertz CT molecular complexity index is 715. The number of carbonyl (C=O) groups is 2. The van der Waals surface area contributed by atoms with Gasteiger partial charge in [0.1, 0.15) is 12.4 Å². The van der Waals surface area contributed by atoms with E-state index in [1.54, 1.807) is 12.1 Å². The zero-order valence-electron chi connectivity index (χ0n) is 15.2. The van der Waals surface area contributed by atoms with Crippen LogP contribution in [0, 0.1) is 0 Å². The smallest absolute Gasteiger partial charge is 0.339 e. The van der Waals surface area contributed by atoms with Crippen LogP contribution >= 0.6 is 0 Å². The first kappa shape index (κ1) is 19.5. The van der Waals surface area contributed by atoms with Gasteiger partial charge in [-0.2, -0.15) is 0 Å². The maximum atomic E-state index is 12.3. The lowest BCUT2D eigenvalue weighted by Gasteiger charge is -2.14. The summed E-state index contributed by atoms with van der Waals surface area (Å²) in [5.41, 5.74) is 1.11.